The molecule has 2 aromatic rings. The Labute approximate surface area is 130 Å². The van der Waals surface area contributed by atoms with Gasteiger partial charge in [0.2, 0.25) is 0 Å². The van der Waals surface area contributed by atoms with Crippen LogP contribution in [0.25, 0.3) is 0 Å². The molecule has 0 bridgehead atoms. The van der Waals surface area contributed by atoms with E-state index in [1.165, 1.54) is 11.3 Å². The lowest BCUT2D eigenvalue weighted by Gasteiger charge is -2.09. The summed E-state index contributed by atoms with van der Waals surface area (Å²) in [5, 5.41) is 4.72. The smallest absolute Gasteiger partial charge is 0.264 e. The molecule has 0 fully saturated rings. The topological polar surface area (TPSA) is 71.1 Å². The van der Waals surface area contributed by atoms with Crippen molar-refractivity contribution in [1.29, 1.82) is 0 Å². The summed E-state index contributed by atoms with van der Waals surface area (Å²) in [6.07, 6.45) is 0. The zero-order valence-electron chi connectivity index (χ0n) is 11.0. The van der Waals surface area contributed by atoms with Crippen molar-refractivity contribution in [3.8, 4) is 0 Å². The van der Waals surface area contributed by atoms with Gasteiger partial charge in [0.05, 0.1) is 5.69 Å². The van der Waals surface area contributed by atoms with Gasteiger partial charge in [-0.1, -0.05) is 0 Å². The van der Waals surface area contributed by atoms with Gasteiger partial charge in [-0.2, -0.15) is 0 Å². The summed E-state index contributed by atoms with van der Waals surface area (Å²) < 4.78 is 28.1. The third-order valence-corrected chi connectivity index (χ3v) is 5.92. The minimum absolute atomic E-state index is 0.291. The number of anilines is 1. The highest BCUT2D eigenvalue weighted by Crippen LogP contribution is 2.24. The van der Waals surface area contributed by atoms with Gasteiger partial charge in [0.15, 0.2) is 0 Å². The fourth-order valence-electron chi connectivity index (χ4n) is 1.65. The maximum absolute atomic E-state index is 12.4. The highest BCUT2D eigenvalue weighted by Gasteiger charge is 2.20. The van der Waals surface area contributed by atoms with Gasteiger partial charge >= 0.3 is 0 Å². The zero-order valence-corrected chi connectivity index (χ0v) is 14.2. The maximum Gasteiger partial charge on any atom is 0.264 e. The summed E-state index contributed by atoms with van der Waals surface area (Å²) in [5.74, 6) is 0.312. The molecular weight excluding hydrogens is 362 g/mol. The van der Waals surface area contributed by atoms with Gasteiger partial charge < -0.3 is 5.32 Å². The molecule has 0 aromatic carbocycles. The van der Waals surface area contributed by atoms with Crippen LogP contribution in [0.1, 0.15) is 10.6 Å². The van der Waals surface area contributed by atoms with Gasteiger partial charge in [-0.3, -0.25) is 4.72 Å². The largest absolute Gasteiger partial charge is 0.315 e. The molecular formula is C12H14BrN3O2S2. The van der Waals surface area contributed by atoms with Gasteiger partial charge in [-0.15, -0.1) is 11.3 Å². The molecule has 2 heterocycles. The number of aryl methyl sites for hydroxylation is 1. The van der Waals surface area contributed by atoms with Crippen molar-refractivity contribution in [2.45, 2.75) is 18.4 Å². The second-order valence-electron chi connectivity index (χ2n) is 4.11. The quantitative estimate of drug-likeness (QED) is 0.842. The van der Waals surface area contributed by atoms with Crippen molar-refractivity contribution in [1.82, 2.24) is 10.3 Å². The van der Waals surface area contributed by atoms with Crippen LogP contribution in [0.4, 0.5) is 5.82 Å². The fourth-order valence-corrected chi connectivity index (χ4v) is 4.33. The summed E-state index contributed by atoms with van der Waals surface area (Å²) in [7, 11) is -1.83. The fraction of sp³-hybridized carbons (Fsp3) is 0.250. The number of sulfonamides is 1. The normalized spacial score (nSPS) is 11.6. The minimum atomic E-state index is -3.61. The number of nitrogens with zero attached hydrogens (tertiary/aromatic N) is 1. The lowest BCUT2D eigenvalue weighted by molar-refractivity contribution is 0.600. The second kappa shape index (κ2) is 6.21. The lowest BCUT2D eigenvalue weighted by atomic mass is 10.4. The molecule has 2 N–H and O–H groups in total. The van der Waals surface area contributed by atoms with Gasteiger partial charge in [0.25, 0.3) is 10.0 Å². The summed E-state index contributed by atoms with van der Waals surface area (Å²) in [5.41, 5.74) is 0.728. The number of nitrogens with one attached hydrogen (secondary N) is 2. The molecule has 108 valence electrons. The van der Waals surface area contributed by atoms with E-state index in [-0.39, 0.29) is 0 Å². The van der Waals surface area contributed by atoms with E-state index in [2.05, 4.69) is 31.0 Å². The molecule has 0 aliphatic heterocycles. The predicted octanol–water partition coefficient (Wildman–Crippen LogP) is 2.73. The predicted molar refractivity (Wildman–Crippen MR) is 84.6 cm³/mol. The van der Waals surface area contributed by atoms with Crippen LogP contribution >= 0.6 is 27.3 Å². The van der Waals surface area contributed by atoms with E-state index in [4.69, 9.17) is 0 Å². The third kappa shape index (κ3) is 3.38. The molecule has 0 aliphatic carbocycles. The average Bonchev–Trinajstić information content (AvgIpc) is 2.83. The molecule has 0 saturated heterocycles. The number of hydrogen-bond acceptors (Lipinski definition) is 5. The van der Waals surface area contributed by atoms with Crippen LogP contribution in [-0.4, -0.2) is 20.4 Å². The van der Waals surface area contributed by atoms with E-state index < -0.39 is 10.0 Å². The van der Waals surface area contributed by atoms with Crippen LogP contribution < -0.4 is 10.0 Å². The highest BCUT2D eigenvalue weighted by atomic mass is 79.9. The summed E-state index contributed by atoms with van der Waals surface area (Å²) >= 11 is 4.74. The SMILES string of the molecule is CNCc1sccc1S(=O)(=O)Nc1ccc(Br)c(C)n1. The van der Waals surface area contributed by atoms with Crippen LogP contribution in [0, 0.1) is 6.92 Å². The van der Waals surface area contributed by atoms with Crippen LogP contribution in [0.3, 0.4) is 0 Å². The van der Waals surface area contributed by atoms with Crippen molar-refractivity contribution in [2.75, 3.05) is 11.8 Å². The number of thiophene rings is 1. The number of pyridine rings is 1. The Morgan fingerprint density at radius 2 is 2.10 bits per heavy atom. The summed E-state index contributed by atoms with van der Waals surface area (Å²) in [6, 6.07) is 4.99. The Bertz CT molecular complexity index is 713. The Morgan fingerprint density at radius 1 is 1.35 bits per heavy atom. The first-order valence-corrected chi connectivity index (χ1v) is 8.96. The molecule has 2 aromatic heterocycles. The van der Waals surface area contributed by atoms with E-state index in [1.54, 1.807) is 37.6 Å². The van der Waals surface area contributed by atoms with Gasteiger partial charge in [-0.05, 0) is 53.5 Å². The monoisotopic (exact) mass is 375 g/mol. The van der Waals surface area contributed by atoms with Gasteiger partial charge in [0, 0.05) is 15.9 Å². The number of rotatable bonds is 5. The Morgan fingerprint density at radius 3 is 2.75 bits per heavy atom. The van der Waals surface area contributed by atoms with E-state index in [1.807, 2.05) is 0 Å². The van der Waals surface area contributed by atoms with Gasteiger partial charge in [0.1, 0.15) is 10.7 Å². The van der Waals surface area contributed by atoms with E-state index in [9.17, 15) is 8.42 Å². The number of halogens is 1. The van der Waals surface area contributed by atoms with Crippen LogP contribution in [0.15, 0.2) is 32.9 Å². The van der Waals surface area contributed by atoms with E-state index in [0.29, 0.717) is 17.3 Å². The Balaban J connectivity index is 2.30. The van der Waals surface area contributed by atoms with Crippen molar-refractivity contribution in [2.24, 2.45) is 0 Å². The minimum Gasteiger partial charge on any atom is -0.315 e. The molecule has 0 unspecified atom stereocenters. The van der Waals surface area contributed by atoms with Gasteiger partial charge in [-0.25, -0.2) is 13.4 Å². The first-order chi connectivity index (χ1) is 9.44. The van der Waals surface area contributed by atoms with Crippen molar-refractivity contribution >= 4 is 43.1 Å². The highest BCUT2D eigenvalue weighted by molar-refractivity contribution is 9.10. The molecule has 0 radical (unpaired) electrons. The number of aromatic nitrogens is 1. The molecule has 0 atom stereocenters. The lowest BCUT2D eigenvalue weighted by Crippen LogP contribution is -2.16. The van der Waals surface area contributed by atoms with E-state index >= 15 is 0 Å². The zero-order chi connectivity index (χ0) is 14.8. The maximum atomic E-state index is 12.4. The van der Waals surface area contributed by atoms with Crippen molar-refractivity contribution in [3.05, 3.63) is 38.6 Å². The molecule has 0 saturated carbocycles. The van der Waals surface area contributed by atoms with Crippen molar-refractivity contribution in [3.63, 3.8) is 0 Å². The molecule has 5 nitrogen and oxygen atoms in total. The van der Waals surface area contributed by atoms with Crippen LogP contribution in [0.5, 0.6) is 0 Å². The van der Waals surface area contributed by atoms with Crippen LogP contribution in [0.2, 0.25) is 0 Å². The molecule has 0 spiro atoms. The van der Waals surface area contributed by atoms with Crippen molar-refractivity contribution < 1.29 is 8.42 Å². The molecule has 2 rings (SSSR count). The molecule has 8 heteroatoms. The van der Waals surface area contributed by atoms with E-state index in [0.717, 1.165) is 15.0 Å². The molecule has 0 aliphatic rings. The first-order valence-electron chi connectivity index (χ1n) is 5.81. The molecule has 20 heavy (non-hydrogen) atoms. The Kier molecular flexibility index (Phi) is 4.79. The second-order valence-corrected chi connectivity index (χ2v) is 7.61. The average molecular weight is 376 g/mol. The summed E-state index contributed by atoms with van der Waals surface area (Å²) in [4.78, 5) is 5.26. The summed E-state index contributed by atoms with van der Waals surface area (Å²) in [6.45, 7) is 2.32. The standard InChI is InChI=1S/C12H14BrN3O2S2/c1-8-9(13)3-4-12(15-8)16-20(17,18)11-5-6-19-10(11)7-14-2/h3-6,14H,7H2,1-2H3,(H,15,16). The Hall–Kier alpha value is -0.960. The third-order valence-electron chi connectivity index (χ3n) is 2.59. The molecule has 0 amide bonds. The number of hydrogen-bond donors (Lipinski definition) is 2. The van der Waals surface area contributed by atoms with Crippen LogP contribution in [-0.2, 0) is 16.6 Å². The first kappa shape index (κ1) is 15.4.